The van der Waals surface area contributed by atoms with E-state index in [-0.39, 0.29) is 6.04 Å². The molecular formula is C23H24FN4O3P. The highest BCUT2D eigenvalue weighted by molar-refractivity contribution is 7.28. The van der Waals surface area contributed by atoms with Crippen LogP contribution >= 0.6 is 9.24 Å². The molecule has 0 amide bonds. The topological polar surface area (TPSA) is 69.4 Å². The number of fused-ring (bicyclic) bond motifs is 1. The van der Waals surface area contributed by atoms with E-state index < -0.39 is 16.9 Å². The molecule has 2 aliphatic heterocycles. The Morgan fingerprint density at radius 3 is 2.59 bits per heavy atom. The van der Waals surface area contributed by atoms with Crippen molar-refractivity contribution < 1.29 is 9.13 Å². The van der Waals surface area contributed by atoms with E-state index in [0.29, 0.717) is 50.2 Å². The second-order valence-corrected chi connectivity index (χ2v) is 8.89. The van der Waals surface area contributed by atoms with Gasteiger partial charge >= 0.3 is 11.1 Å². The molecule has 1 atom stereocenters. The molecule has 166 valence electrons. The van der Waals surface area contributed by atoms with Crippen LogP contribution in [0.15, 0.2) is 46.1 Å². The number of nitrogens with zero attached hydrogens (tertiary/aromatic N) is 4. The fraction of sp³-hybridized carbons (Fsp3) is 0.348. The molecule has 1 saturated heterocycles. The van der Waals surface area contributed by atoms with E-state index in [1.165, 1.54) is 23.7 Å². The Labute approximate surface area is 186 Å². The highest BCUT2D eigenvalue weighted by Crippen LogP contribution is 2.28. The number of benzene rings is 1. The lowest BCUT2D eigenvalue weighted by Gasteiger charge is -2.35. The van der Waals surface area contributed by atoms with E-state index in [1.54, 1.807) is 10.6 Å². The molecule has 0 aliphatic carbocycles. The van der Waals surface area contributed by atoms with E-state index in [0.717, 1.165) is 22.3 Å². The first-order chi connectivity index (χ1) is 15.4. The van der Waals surface area contributed by atoms with Crippen molar-refractivity contribution in [1.29, 1.82) is 0 Å². The van der Waals surface area contributed by atoms with Crippen LogP contribution in [0.4, 0.5) is 10.2 Å². The molecule has 0 saturated carbocycles. The molecule has 1 aromatic carbocycles. The van der Waals surface area contributed by atoms with Crippen molar-refractivity contribution >= 4 is 37.0 Å². The third kappa shape index (κ3) is 3.57. The quantitative estimate of drug-likeness (QED) is 0.447. The van der Waals surface area contributed by atoms with Crippen LogP contribution in [0.3, 0.4) is 0 Å². The van der Waals surface area contributed by atoms with Gasteiger partial charge in [0.1, 0.15) is 11.6 Å². The van der Waals surface area contributed by atoms with E-state index in [9.17, 15) is 14.0 Å². The fourth-order valence-electron chi connectivity index (χ4n) is 4.64. The minimum Gasteiger partial charge on any atom is -0.373 e. The van der Waals surface area contributed by atoms with Gasteiger partial charge in [-0.1, -0.05) is 6.08 Å². The first kappa shape index (κ1) is 21.0. The molecule has 3 aromatic rings. The van der Waals surface area contributed by atoms with Crippen molar-refractivity contribution in [3.05, 3.63) is 68.6 Å². The maximum absolute atomic E-state index is 13.8. The molecule has 5 rings (SSSR count). The molecule has 32 heavy (non-hydrogen) atoms. The van der Waals surface area contributed by atoms with Crippen LogP contribution in [-0.4, -0.2) is 40.4 Å². The standard InChI is InChI=1S/C23H24FN4O3P/c1-26-19-11-16(24)2-3-18(19)28(23(30)22(26)29)17-4-7-27(8-5-17)21-20(32)10-15(12-25-21)14-6-9-31-13-14/h2-3,6,10-12,17H,4-5,7-9,13,32H2,1H3. The van der Waals surface area contributed by atoms with Crippen molar-refractivity contribution in [3.8, 4) is 0 Å². The van der Waals surface area contributed by atoms with Crippen LogP contribution in [-0.2, 0) is 11.8 Å². The monoisotopic (exact) mass is 454 g/mol. The molecule has 0 spiro atoms. The molecule has 7 nitrogen and oxygen atoms in total. The van der Waals surface area contributed by atoms with E-state index >= 15 is 0 Å². The molecule has 0 radical (unpaired) electrons. The zero-order valence-electron chi connectivity index (χ0n) is 17.8. The summed E-state index contributed by atoms with van der Waals surface area (Å²) >= 11 is 0. The highest BCUT2D eigenvalue weighted by atomic mass is 31.0. The van der Waals surface area contributed by atoms with Crippen LogP contribution in [0.2, 0.25) is 0 Å². The number of pyridine rings is 1. The lowest BCUT2D eigenvalue weighted by atomic mass is 10.0. The average molecular weight is 454 g/mol. The first-order valence-electron chi connectivity index (χ1n) is 10.6. The Balaban J connectivity index is 1.42. The molecule has 2 aromatic heterocycles. The molecule has 4 heterocycles. The Morgan fingerprint density at radius 1 is 1.12 bits per heavy atom. The number of aryl methyl sites for hydroxylation is 1. The van der Waals surface area contributed by atoms with Crippen LogP contribution in [0.25, 0.3) is 16.6 Å². The summed E-state index contributed by atoms with van der Waals surface area (Å²) < 4.78 is 22.0. The number of halogens is 1. The maximum atomic E-state index is 13.8. The van der Waals surface area contributed by atoms with Crippen LogP contribution in [0.5, 0.6) is 0 Å². The van der Waals surface area contributed by atoms with Gasteiger partial charge in [0.2, 0.25) is 0 Å². The van der Waals surface area contributed by atoms with Crippen molar-refractivity contribution in [2.75, 3.05) is 31.2 Å². The zero-order chi connectivity index (χ0) is 22.4. The van der Waals surface area contributed by atoms with E-state index in [2.05, 4.69) is 26.3 Å². The number of piperidine rings is 1. The largest absolute Gasteiger partial charge is 0.373 e. The Bertz CT molecular complexity index is 1360. The second kappa shape index (κ2) is 8.26. The third-order valence-electron chi connectivity index (χ3n) is 6.36. The third-order valence-corrected chi connectivity index (χ3v) is 6.79. The molecule has 1 fully saturated rings. The van der Waals surface area contributed by atoms with Gasteiger partial charge in [-0.15, -0.1) is 9.24 Å². The van der Waals surface area contributed by atoms with Crippen molar-refractivity contribution in [2.45, 2.75) is 18.9 Å². The minimum absolute atomic E-state index is 0.131. The van der Waals surface area contributed by atoms with Gasteiger partial charge < -0.3 is 14.2 Å². The Kier molecular flexibility index (Phi) is 5.43. The summed E-state index contributed by atoms with van der Waals surface area (Å²) in [6.07, 6.45) is 5.32. The Morgan fingerprint density at radius 2 is 1.91 bits per heavy atom. The van der Waals surface area contributed by atoms with Gasteiger partial charge in [-0.05, 0) is 48.2 Å². The molecule has 2 aliphatic rings. The van der Waals surface area contributed by atoms with Crippen molar-refractivity contribution in [1.82, 2.24) is 14.1 Å². The first-order valence-corrected chi connectivity index (χ1v) is 11.2. The summed E-state index contributed by atoms with van der Waals surface area (Å²) in [6, 6.07) is 6.19. The van der Waals surface area contributed by atoms with Crippen molar-refractivity contribution in [3.63, 3.8) is 0 Å². The smallest absolute Gasteiger partial charge is 0.317 e. The van der Waals surface area contributed by atoms with Crippen LogP contribution in [0.1, 0.15) is 24.4 Å². The second-order valence-electron chi connectivity index (χ2n) is 8.27. The number of aromatic nitrogens is 3. The van der Waals surface area contributed by atoms with Gasteiger partial charge in [0.05, 0.1) is 24.2 Å². The summed E-state index contributed by atoms with van der Waals surface area (Å²) in [5.41, 5.74) is 2.02. The zero-order valence-corrected chi connectivity index (χ0v) is 18.9. The van der Waals surface area contributed by atoms with E-state index in [1.807, 2.05) is 6.20 Å². The van der Waals surface area contributed by atoms with Crippen molar-refractivity contribution in [2.24, 2.45) is 7.05 Å². The molecule has 1 unspecified atom stereocenters. The molecule has 9 heteroatoms. The molecule has 0 N–H and O–H groups in total. The van der Waals surface area contributed by atoms with E-state index in [4.69, 9.17) is 9.72 Å². The fourth-order valence-corrected chi connectivity index (χ4v) is 5.07. The normalized spacial score (nSPS) is 17.2. The number of ether oxygens (including phenoxy) is 1. The Hall–Kier alpha value is -2.83. The van der Waals surface area contributed by atoms with Gasteiger partial charge in [-0.3, -0.25) is 14.2 Å². The summed E-state index contributed by atoms with van der Waals surface area (Å²) in [5.74, 6) is 0.468. The average Bonchev–Trinajstić information content (AvgIpc) is 3.34. The highest BCUT2D eigenvalue weighted by Gasteiger charge is 2.26. The predicted octanol–water partition coefficient (Wildman–Crippen LogP) is 1.99. The van der Waals surface area contributed by atoms with Gasteiger partial charge in [0.25, 0.3) is 0 Å². The summed E-state index contributed by atoms with van der Waals surface area (Å²) in [4.78, 5) is 32.2. The number of anilines is 1. The maximum Gasteiger partial charge on any atom is 0.317 e. The summed E-state index contributed by atoms with van der Waals surface area (Å²) in [7, 11) is 4.27. The van der Waals surface area contributed by atoms with Crippen LogP contribution in [0, 0.1) is 5.82 Å². The van der Waals surface area contributed by atoms with Gasteiger partial charge in [0.15, 0.2) is 0 Å². The molecule has 0 bridgehead atoms. The summed E-state index contributed by atoms with van der Waals surface area (Å²) in [5, 5.41) is 1.01. The molecular weight excluding hydrogens is 430 g/mol. The van der Waals surface area contributed by atoms with Crippen LogP contribution < -0.4 is 21.3 Å². The minimum atomic E-state index is -0.639. The SMILES string of the molecule is Cn1c(=O)c(=O)n(C2CCN(c3ncc(C4=CCOC4)cc3P)CC2)c2ccc(F)cc21. The lowest BCUT2D eigenvalue weighted by molar-refractivity contribution is 0.216. The van der Waals surface area contributed by atoms with Gasteiger partial charge in [-0.2, -0.15) is 0 Å². The predicted molar refractivity (Wildman–Crippen MR) is 126 cm³/mol. The van der Waals surface area contributed by atoms with Gasteiger partial charge in [-0.25, -0.2) is 9.37 Å². The number of hydrogen-bond acceptors (Lipinski definition) is 5. The number of rotatable bonds is 3. The summed E-state index contributed by atoms with van der Waals surface area (Å²) in [6.45, 7) is 2.66. The lowest BCUT2D eigenvalue weighted by Crippen LogP contribution is -2.45. The van der Waals surface area contributed by atoms with Gasteiger partial charge in [0, 0.05) is 37.7 Å². The number of hydrogen-bond donors (Lipinski definition) is 0.